The third-order valence-corrected chi connectivity index (χ3v) is 6.69. The standard InChI is InChI=1S/C24H27N9O/c1-26-24(34)19-7-8-21(32-31-19)29-22-14-20-18(4-2-10-27-20)23(30-22)28-15-12-16-5-6-17(13-15)33(16)11-3-9-25/h2,4,7-8,10,14-17H,3,5-6,11-13H2,1H3,(H,26,34)(H2,28,29,30,32)/t15-,16-,17+. The number of hydrogen-bond donors (Lipinski definition) is 3. The van der Waals surface area contributed by atoms with Crippen LogP contribution in [0.25, 0.3) is 10.9 Å². The van der Waals surface area contributed by atoms with Gasteiger partial charge in [0.15, 0.2) is 11.5 Å². The Hall–Kier alpha value is -3.84. The van der Waals surface area contributed by atoms with Crippen LogP contribution in [-0.4, -0.2) is 62.7 Å². The van der Waals surface area contributed by atoms with Gasteiger partial charge in [0.2, 0.25) is 0 Å². The van der Waals surface area contributed by atoms with Gasteiger partial charge in [-0.05, 0) is 49.9 Å². The Labute approximate surface area is 197 Å². The number of carbonyl (C=O) groups excluding carboxylic acids is 1. The molecule has 0 spiro atoms. The van der Waals surface area contributed by atoms with Crippen molar-refractivity contribution < 1.29 is 4.79 Å². The highest BCUT2D eigenvalue weighted by Crippen LogP contribution is 2.37. The number of hydrogen-bond acceptors (Lipinski definition) is 9. The second-order valence-electron chi connectivity index (χ2n) is 8.78. The summed E-state index contributed by atoms with van der Waals surface area (Å²) in [6, 6.07) is 12.8. The van der Waals surface area contributed by atoms with E-state index in [1.165, 1.54) is 12.8 Å². The van der Waals surface area contributed by atoms with Gasteiger partial charge in [-0.25, -0.2) is 4.98 Å². The number of anilines is 3. The van der Waals surface area contributed by atoms with Crippen molar-refractivity contribution >= 4 is 34.3 Å². The van der Waals surface area contributed by atoms with Gasteiger partial charge in [-0.1, -0.05) is 0 Å². The molecule has 10 nitrogen and oxygen atoms in total. The topological polar surface area (TPSA) is 132 Å². The maximum atomic E-state index is 11.7. The number of nitrogens with one attached hydrogen (secondary N) is 3. The molecule has 3 atom stereocenters. The first-order valence-electron chi connectivity index (χ1n) is 11.6. The second-order valence-corrected chi connectivity index (χ2v) is 8.78. The predicted octanol–water partition coefficient (Wildman–Crippen LogP) is 2.84. The maximum Gasteiger partial charge on any atom is 0.271 e. The highest BCUT2D eigenvalue weighted by molar-refractivity contribution is 5.92. The third kappa shape index (κ3) is 4.47. The highest BCUT2D eigenvalue weighted by atomic mass is 16.1. The molecule has 5 heterocycles. The Morgan fingerprint density at radius 1 is 1.18 bits per heavy atom. The molecule has 2 fully saturated rings. The maximum absolute atomic E-state index is 11.7. The largest absolute Gasteiger partial charge is 0.367 e. The number of nitrogens with zero attached hydrogens (tertiary/aromatic N) is 6. The fourth-order valence-electron chi connectivity index (χ4n) is 5.16. The highest BCUT2D eigenvalue weighted by Gasteiger charge is 2.40. The zero-order valence-electron chi connectivity index (χ0n) is 19.0. The van der Waals surface area contributed by atoms with E-state index in [1.807, 2.05) is 18.2 Å². The zero-order chi connectivity index (χ0) is 23.5. The van der Waals surface area contributed by atoms with E-state index in [9.17, 15) is 4.79 Å². The second kappa shape index (κ2) is 9.57. The number of piperidine rings is 1. The summed E-state index contributed by atoms with van der Waals surface area (Å²) in [5.74, 6) is 1.60. The molecule has 34 heavy (non-hydrogen) atoms. The van der Waals surface area contributed by atoms with Crippen molar-refractivity contribution in [2.24, 2.45) is 0 Å². The Bertz CT molecular complexity index is 1210. The van der Waals surface area contributed by atoms with Gasteiger partial charge in [-0.15, -0.1) is 10.2 Å². The number of aromatic nitrogens is 4. The molecule has 0 radical (unpaired) electrons. The van der Waals surface area contributed by atoms with Crippen molar-refractivity contribution in [3.8, 4) is 6.07 Å². The van der Waals surface area contributed by atoms with Gasteiger partial charge in [0, 0.05) is 55.8 Å². The summed E-state index contributed by atoms with van der Waals surface area (Å²) in [4.78, 5) is 23.6. The minimum absolute atomic E-state index is 0.249. The average Bonchev–Trinajstić information content (AvgIpc) is 3.10. The fourth-order valence-corrected chi connectivity index (χ4v) is 5.16. The van der Waals surface area contributed by atoms with E-state index in [1.54, 1.807) is 25.4 Å². The molecule has 1 amide bonds. The van der Waals surface area contributed by atoms with E-state index in [4.69, 9.17) is 10.2 Å². The quantitative estimate of drug-likeness (QED) is 0.490. The van der Waals surface area contributed by atoms with Crippen LogP contribution in [0.3, 0.4) is 0 Å². The molecule has 0 saturated carbocycles. The van der Waals surface area contributed by atoms with E-state index in [0.29, 0.717) is 36.2 Å². The molecule has 174 valence electrons. The summed E-state index contributed by atoms with van der Waals surface area (Å²) in [5, 5.41) is 27.4. The summed E-state index contributed by atoms with van der Waals surface area (Å²) in [7, 11) is 1.55. The summed E-state index contributed by atoms with van der Waals surface area (Å²) >= 11 is 0. The SMILES string of the molecule is CNC(=O)c1ccc(Nc2cc3ncccc3c(N[C@@H]3C[C@H]4CC[C@@H](C3)N4CCC#N)n2)nn1. The van der Waals surface area contributed by atoms with E-state index in [-0.39, 0.29) is 11.6 Å². The smallest absolute Gasteiger partial charge is 0.271 e. The number of carbonyl (C=O) groups is 1. The molecule has 0 aromatic carbocycles. The van der Waals surface area contributed by atoms with Crippen molar-refractivity contribution in [2.75, 3.05) is 24.2 Å². The number of nitriles is 1. The summed E-state index contributed by atoms with van der Waals surface area (Å²) in [5.41, 5.74) is 1.08. The Balaban J connectivity index is 1.36. The minimum atomic E-state index is -0.286. The Morgan fingerprint density at radius 2 is 2.00 bits per heavy atom. The number of rotatable bonds is 7. The summed E-state index contributed by atoms with van der Waals surface area (Å²) < 4.78 is 0. The molecule has 2 saturated heterocycles. The zero-order valence-corrected chi connectivity index (χ0v) is 19.0. The van der Waals surface area contributed by atoms with Crippen LogP contribution in [-0.2, 0) is 0 Å². The van der Waals surface area contributed by atoms with Crippen LogP contribution in [0.15, 0.2) is 36.5 Å². The van der Waals surface area contributed by atoms with Gasteiger partial charge in [0.05, 0.1) is 11.6 Å². The van der Waals surface area contributed by atoms with Crippen LogP contribution in [0.2, 0.25) is 0 Å². The lowest BCUT2D eigenvalue weighted by Crippen LogP contribution is -2.47. The molecule has 10 heteroatoms. The van der Waals surface area contributed by atoms with Crippen LogP contribution in [0.1, 0.15) is 42.6 Å². The van der Waals surface area contributed by atoms with Crippen molar-refractivity contribution in [1.29, 1.82) is 5.26 Å². The molecule has 0 aliphatic carbocycles. The predicted molar refractivity (Wildman–Crippen MR) is 129 cm³/mol. The van der Waals surface area contributed by atoms with Crippen molar-refractivity contribution in [3.05, 3.63) is 42.2 Å². The first-order valence-corrected chi connectivity index (χ1v) is 11.6. The van der Waals surface area contributed by atoms with Crippen molar-refractivity contribution in [3.63, 3.8) is 0 Å². The molecule has 3 N–H and O–H groups in total. The normalized spacial score (nSPS) is 21.7. The van der Waals surface area contributed by atoms with Crippen molar-refractivity contribution in [2.45, 2.75) is 50.2 Å². The Morgan fingerprint density at radius 3 is 2.71 bits per heavy atom. The van der Waals surface area contributed by atoms with Crippen LogP contribution in [0.4, 0.5) is 17.5 Å². The molecule has 2 bridgehead atoms. The molecule has 5 rings (SSSR count). The van der Waals surface area contributed by atoms with E-state index >= 15 is 0 Å². The lowest BCUT2D eigenvalue weighted by atomic mass is 9.97. The van der Waals surface area contributed by atoms with Gasteiger partial charge in [0.25, 0.3) is 5.91 Å². The first kappa shape index (κ1) is 22.0. The van der Waals surface area contributed by atoms with Gasteiger partial charge in [-0.3, -0.25) is 14.7 Å². The van der Waals surface area contributed by atoms with E-state index in [2.05, 4.69) is 42.1 Å². The van der Waals surface area contributed by atoms with Crippen LogP contribution >= 0.6 is 0 Å². The van der Waals surface area contributed by atoms with Crippen LogP contribution in [0.5, 0.6) is 0 Å². The van der Waals surface area contributed by atoms with Crippen LogP contribution < -0.4 is 16.0 Å². The molecule has 2 aliphatic rings. The molecule has 3 aromatic rings. The fraction of sp³-hybridized carbons (Fsp3) is 0.417. The number of amides is 1. The van der Waals surface area contributed by atoms with Gasteiger partial charge >= 0.3 is 0 Å². The number of fused-ring (bicyclic) bond motifs is 3. The Kier molecular flexibility index (Phi) is 6.18. The van der Waals surface area contributed by atoms with E-state index < -0.39 is 0 Å². The molecule has 2 aliphatic heterocycles. The molecule has 3 aromatic heterocycles. The molecular weight excluding hydrogens is 430 g/mol. The van der Waals surface area contributed by atoms with Gasteiger partial charge < -0.3 is 16.0 Å². The van der Waals surface area contributed by atoms with Crippen LogP contribution in [0, 0.1) is 11.3 Å². The van der Waals surface area contributed by atoms with Gasteiger partial charge in [0.1, 0.15) is 11.6 Å². The third-order valence-electron chi connectivity index (χ3n) is 6.69. The number of pyridine rings is 2. The van der Waals surface area contributed by atoms with Gasteiger partial charge in [-0.2, -0.15) is 5.26 Å². The lowest BCUT2D eigenvalue weighted by Gasteiger charge is -2.39. The summed E-state index contributed by atoms with van der Waals surface area (Å²) in [6.45, 7) is 0.864. The molecule has 0 unspecified atom stereocenters. The lowest BCUT2D eigenvalue weighted by molar-refractivity contribution is 0.0957. The monoisotopic (exact) mass is 457 g/mol. The molecular formula is C24H27N9O. The first-order chi connectivity index (χ1) is 16.6. The van der Waals surface area contributed by atoms with Crippen molar-refractivity contribution in [1.82, 2.24) is 30.4 Å². The van der Waals surface area contributed by atoms with E-state index in [0.717, 1.165) is 36.1 Å². The average molecular weight is 458 g/mol. The summed E-state index contributed by atoms with van der Waals surface area (Å²) in [6.07, 6.45) is 6.81. The minimum Gasteiger partial charge on any atom is -0.367 e.